The van der Waals surface area contributed by atoms with Crippen LogP contribution in [0.3, 0.4) is 0 Å². The van der Waals surface area contributed by atoms with Gasteiger partial charge in [-0.05, 0) is 31.6 Å². The molecule has 2 heterocycles. The van der Waals surface area contributed by atoms with E-state index in [-0.39, 0.29) is 5.60 Å². The first-order valence-electron chi connectivity index (χ1n) is 7.74. The minimum atomic E-state index is 0.0518. The second-order valence-electron chi connectivity index (χ2n) is 6.66. The van der Waals surface area contributed by atoms with Crippen LogP contribution in [0.4, 0.5) is 0 Å². The molecular formula is C15H27NO2. The lowest BCUT2D eigenvalue weighted by Gasteiger charge is -2.40. The van der Waals surface area contributed by atoms with Gasteiger partial charge in [0.25, 0.3) is 0 Å². The lowest BCUT2D eigenvalue weighted by Crippen LogP contribution is -2.50. The van der Waals surface area contributed by atoms with Crippen molar-refractivity contribution in [2.75, 3.05) is 19.8 Å². The zero-order valence-electron chi connectivity index (χ0n) is 11.6. The van der Waals surface area contributed by atoms with Crippen molar-refractivity contribution in [3.8, 4) is 0 Å². The number of nitrogens with one attached hydrogen (secondary N) is 1. The van der Waals surface area contributed by atoms with E-state index in [1.54, 1.807) is 0 Å². The number of hydrogen-bond acceptors (Lipinski definition) is 3. The minimum Gasteiger partial charge on any atom is -0.378 e. The van der Waals surface area contributed by atoms with Crippen LogP contribution in [0.15, 0.2) is 0 Å². The van der Waals surface area contributed by atoms with Crippen molar-refractivity contribution in [1.82, 2.24) is 5.32 Å². The smallest absolute Gasteiger partial charge is 0.0951 e. The van der Waals surface area contributed by atoms with E-state index in [1.165, 1.54) is 32.1 Å². The van der Waals surface area contributed by atoms with Crippen molar-refractivity contribution in [1.29, 1.82) is 0 Å². The number of hydrogen-bond donors (Lipinski definition) is 1. The van der Waals surface area contributed by atoms with Gasteiger partial charge < -0.3 is 14.8 Å². The van der Waals surface area contributed by atoms with Gasteiger partial charge in [0.1, 0.15) is 0 Å². The van der Waals surface area contributed by atoms with E-state index in [4.69, 9.17) is 9.47 Å². The van der Waals surface area contributed by atoms with Crippen molar-refractivity contribution < 1.29 is 9.47 Å². The standard InChI is InChI=1S/C15H27NO2/c1-12-3-2-4-13(9-12)16-14-5-7-18-15(10-14)6-8-17-11-15/h12-14,16H,2-11H2,1H3. The van der Waals surface area contributed by atoms with Crippen LogP contribution in [0.1, 0.15) is 51.9 Å². The summed E-state index contributed by atoms with van der Waals surface area (Å²) in [6.07, 6.45) is 8.96. The second kappa shape index (κ2) is 5.48. The summed E-state index contributed by atoms with van der Waals surface area (Å²) in [4.78, 5) is 0. The van der Waals surface area contributed by atoms with Gasteiger partial charge in [-0.2, -0.15) is 0 Å². The fourth-order valence-corrected chi connectivity index (χ4v) is 3.95. The van der Waals surface area contributed by atoms with Crippen molar-refractivity contribution in [2.24, 2.45) is 5.92 Å². The van der Waals surface area contributed by atoms with E-state index >= 15 is 0 Å². The molecule has 0 radical (unpaired) electrons. The lowest BCUT2D eigenvalue weighted by atomic mass is 9.84. The summed E-state index contributed by atoms with van der Waals surface area (Å²) in [7, 11) is 0. The molecule has 3 aliphatic rings. The van der Waals surface area contributed by atoms with E-state index < -0.39 is 0 Å². The molecule has 2 saturated heterocycles. The molecule has 0 aromatic heterocycles. The topological polar surface area (TPSA) is 30.5 Å². The van der Waals surface area contributed by atoms with Crippen LogP contribution in [-0.4, -0.2) is 37.5 Å². The Kier molecular flexibility index (Phi) is 3.92. The zero-order valence-corrected chi connectivity index (χ0v) is 11.6. The van der Waals surface area contributed by atoms with Crippen LogP contribution < -0.4 is 5.32 Å². The molecule has 1 aliphatic carbocycles. The third kappa shape index (κ3) is 2.89. The molecule has 3 heteroatoms. The van der Waals surface area contributed by atoms with Gasteiger partial charge in [0.05, 0.1) is 12.2 Å². The first-order chi connectivity index (χ1) is 8.76. The molecule has 0 amide bonds. The van der Waals surface area contributed by atoms with Gasteiger partial charge in [0.15, 0.2) is 0 Å². The van der Waals surface area contributed by atoms with Crippen molar-refractivity contribution in [3.05, 3.63) is 0 Å². The fourth-order valence-electron chi connectivity index (χ4n) is 3.95. The maximum Gasteiger partial charge on any atom is 0.0951 e. The Labute approximate surface area is 111 Å². The van der Waals surface area contributed by atoms with Crippen LogP contribution in [0.25, 0.3) is 0 Å². The third-order valence-corrected chi connectivity index (χ3v) is 4.97. The second-order valence-corrected chi connectivity index (χ2v) is 6.66. The molecule has 2 aliphatic heterocycles. The van der Waals surface area contributed by atoms with Crippen LogP contribution >= 0.6 is 0 Å². The van der Waals surface area contributed by atoms with Crippen LogP contribution in [0.2, 0.25) is 0 Å². The van der Waals surface area contributed by atoms with Crippen molar-refractivity contribution in [2.45, 2.75) is 69.6 Å². The van der Waals surface area contributed by atoms with Gasteiger partial charge in [0, 0.05) is 31.7 Å². The van der Waals surface area contributed by atoms with Crippen molar-refractivity contribution in [3.63, 3.8) is 0 Å². The molecule has 1 spiro atoms. The van der Waals surface area contributed by atoms with Crippen LogP contribution in [0.5, 0.6) is 0 Å². The van der Waals surface area contributed by atoms with E-state index in [0.29, 0.717) is 6.04 Å². The van der Waals surface area contributed by atoms with Crippen molar-refractivity contribution >= 4 is 0 Å². The van der Waals surface area contributed by atoms with Crippen LogP contribution in [-0.2, 0) is 9.47 Å². The monoisotopic (exact) mass is 253 g/mol. The first-order valence-corrected chi connectivity index (χ1v) is 7.74. The average Bonchev–Trinajstić information content (AvgIpc) is 2.77. The zero-order chi connectivity index (χ0) is 12.4. The molecule has 3 rings (SSSR count). The fraction of sp³-hybridized carbons (Fsp3) is 1.00. The maximum atomic E-state index is 6.00. The van der Waals surface area contributed by atoms with Gasteiger partial charge in [-0.1, -0.05) is 19.8 Å². The Bertz CT molecular complexity index is 276. The summed E-state index contributed by atoms with van der Waals surface area (Å²) < 4.78 is 11.5. The summed E-state index contributed by atoms with van der Waals surface area (Å²) in [5.74, 6) is 0.903. The van der Waals surface area contributed by atoms with E-state index in [9.17, 15) is 0 Å². The van der Waals surface area contributed by atoms with Gasteiger partial charge in [-0.3, -0.25) is 0 Å². The Hall–Kier alpha value is -0.120. The summed E-state index contributed by atoms with van der Waals surface area (Å²) in [6, 6.07) is 1.40. The molecule has 0 aromatic carbocycles. The maximum absolute atomic E-state index is 6.00. The largest absolute Gasteiger partial charge is 0.378 e. The van der Waals surface area contributed by atoms with Gasteiger partial charge in [0.2, 0.25) is 0 Å². The minimum absolute atomic E-state index is 0.0518. The highest BCUT2D eigenvalue weighted by molar-refractivity contribution is 4.94. The Morgan fingerprint density at radius 3 is 2.83 bits per heavy atom. The lowest BCUT2D eigenvalue weighted by molar-refractivity contribution is -0.0908. The summed E-state index contributed by atoms with van der Waals surface area (Å²) in [5.41, 5.74) is 0.0518. The highest BCUT2D eigenvalue weighted by Crippen LogP contribution is 2.34. The molecule has 3 fully saturated rings. The van der Waals surface area contributed by atoms with E-state index in [2.05, 4.69) is 12.2 Å². The van der Waals surface area contributed by atoms with Gasteiger partial charge in [-0.25, -0.2) is 0 Å². The highest BCUT2D eigenvalue weighted by atomic mass is 16.6. The molecule has 18 heavy (non-hydrogen) atoms. The third-order valence-electron chi connectivity index (χ3n) is 4.97. The molecule has 1 saturated carbocycles. The van der Waals surface area contributed by atoms with Gasteiger partial charge in [-0.15, -0.1) is 0 Å². The number of ether oxygens (including phenoxy) is 2. The Morgan fingerprint density at radius 1 is 1.11 bits per heavy atom. The Morgan fingerprint density at radius 2 is 2.06 bits per heavy atom. The summed E-state index contributed by atoms with van der Waals surface area (Å²) >= 11 is 0. The quantitative estimate of drug-likeness (QED) is 0.820. The SMILES string of the molecule is CC1CCCC(NC2CCOC3(CCOC3)C2)C1. The van der Waals surface area contributed by atoms with Gasteiger partial charge >= 0.3 is 0 Å². The highest BCUT2D eigenvalue weighted by Gasteiger charge is 2.41. The number of rotatable bonds is 2. The molecule has 0 bridgehead atoms. The predicted octanol–water partition coefficient (Wildman–Crippen LogP) is 2.49. The summed E-state index contributed by atoms with van der Waals surface area (Å²) in [5, 5.41) is 3.90. The molecule has 4 unspecified atom stereocenters. The first kappa shape index (κ1) is 12.9. The average molecular weight is 253 g/mol. The molecule has 0 aromatic rings. The molecule has 3 nitrogen and oxygen atoms in total. The molecule has 1 N–H and O–H groups in total. The van der Waals surface area contributed by atoms with Crippen LogP contribution in [0, 0.1) is 5.92 Å². The predicted molar refractivity (Wildman–Crippen MR) is 71.7 cm³/mol. The molecule has 4 atom stereocenters. The summed E-state index contributed by atoms with van der Waals surface area (Å²) in [6.45, 7) is 4.99. The van der Waals surface area contributed by atoms with E-state index in [1.807, 2.05) is 0 Å². The molecule has 104 valence electrons. The Balaban J connectivity index is 1.52. The molecular weight excluding hydrogens is 226 g/mol. The van der Waals surface area contributed by atoms with E-state index in [0.717, 1.165) is 44.6 Å². The normalized spacial score (nSPS) is 45.5.